The molecule has 3 rings (SSSR count). The first-order valence-corrected chi connectivity index (χ1v) is 7.59. The van der Waals surface area contributed by atoms with Crippen LogP contribution in [0.5, 0.6) is 5.75 Å². The number of aliphatic hydroxyl groups excluding tert-OH is 1. The number of nitrogens with zero attached hydrogens (tertiary/aromatic N) is 2. The van der Waals surface area contributed by atoms with Crippen molar-refractivity contribution in [3.8, 4) is 17.1 Å². The van der Waals surface area contributed by atoms with Gasteiger partial charge in [0.1, 0.15) is 5.75 Å². The second-order valence-electron chi connectivity index (χ2n) is 4.87. The number of rotatable bonds is 3. The van der Waals surface area contributed by atoms with Crippen LogP contribution < -0.4 is 4.74 Å². The van der Waals surface area contributed by atoms with Gasteiger partial charge in [0.05, 0.1) is 24.7 Å². The Kier molecular flexibility index (Phi) is 3.67. The molecule has 5 nitrogen and oxygen atoms in total. The van der Waals surface area contributed by atoms with Gasteiger partial charge in [-0.1, -0.05) is 11.2 Å². The molecule has 106 valence electrons. The quantitative estimate of drug-likeness (QED) is 0.935. The molecule has 6 heteroatoms. The van der Waals surface area contributed by atoms with Crippen molar-refractivity contribution in [1.82, 2.24) is 10.1 Å². The van der Waals surface area contributed by atoms with Gasteiger partial charge in [-0.3, -0.25) is 0 Å². The fourth-order valence-electron chi connectivity index (χ4n) is 2.26. The van der Waals surface area contributed by atoms with Gasteiger partial charge < -0.3 is 14.4 Å². The SMILES string of the molecule is COc1cc(C)ccc1-c1noc(C2CSCC2O)n1. The number of ether oxygens (including phenoxy) is 1. The molecule has 1 saturated heterocycles. The predicted octanol–water partition coefficient (Wildman–Crippen LogP) is 2.24. The van der Waals surface area contributed by atoms with Gasteiger partial charge in [-0.25, -0.2) is 0 Å². The second kappa shape index (κ2) is 5.46. The molecule has 1 aliphatic heterocycles. The van der Waals surface area contributed by atoms with Crippen molar-refractivity contribution < 1.29 is 14.4 Å². The number of hydrogen-bond donors (Lipinski definition) is 1. The highest BCUT2D eigenvalue weighted by atomic mass is 32.2. The van der Waals surface area contributed by atoms with Crippen molar-refractivity contribution in [1.29, 1.82) is 0 Å². The van der Waals surface area contributed by atoms with Crippen LogP contribution in [-0.4, -0.2) is 40.0 Å². The lowest BCUT2D eigenvalue weighted by Gasteiger charge is -2.07. The smallest absolute Gasteiger partial charge is 0.233 e. The van der Waals surface area contributed by atoms with Crippen LogP contribution in [0.2, 0.25) is 0 Å². The molecule has 2 atom stereocenters. The number of hydrogen-bond acceptors (Lipinski definition) is 6. The Morgan fingerprint density at radius 2 is 2.25 bits per heavy atom. The second-order valence-corrected chi connectivity index (χ2v) is 5.95. The molecule has 20 heavy (non-hydrogen) atoms. The third-order valence-corrected chi connectivity index (χ3v) is 4.58. The van der Waals surface area contributed by atoms with Gasteiger partial charge in [0.15, 0.2) is 0 Å². The molecule has 0 spiro atoms. The van der Waals surface area contributed by atoms with Crippen molar-refractivity contribution in [2.45, 2.75) is 18.9 Å². The van der Waals surface area contributed by atoms with E-state index in [9.17, 15) is 5.11 Å². The Labute approximate surface area is 121 Å². The van der Waals surface area contributed by atoms with E-state index in [2.05, 4.69) is 10.1 Å². The summed E-state index contributed by atoms with van der Waals surface area (Å²) >= 11 is 1.70. The summed E-state index contributed by atoms with van der Waals surface area (Å²) in [6, 6.07) is 5.84. The Morgan fingerprint density at radius 1 is 1.40 bits per heavy atom. The van der Waals surface area contributed by atoms with Gasteiger partial charge in [0.25, 0.3) is 0 Å². The number of methoxy groups -OCH3 is 1. The maximum Gasteiger partial charge on any atom is 0.233 e. The van der Waals surface area contributed by atoms with Gasteiger partial charge in [-0.2, -0.15) is 16.7 Å². The minimum absolute atomic E-state index is 0.0716. The Bertz CT molecular complexity index is 614. The molecule has 0 bridgehead atoms. The molecule has 1 aromatic heterocycles. The lowest BCUT2D eigenvalue weighted by atomic mass is 10.1. The molecule has 2 aromatic rings. The molecule has 2 heterocycles. The summed E-state index contributed by atoms with van der Waals surface area (Å²) in [5, 5.41) is 13.9. The van der Waals surface area contributed by atoms with Crippen LogP contribution in [-0.2, 0) is 0 Å². The van der Waals surface area contributed by atoms with Gasteiger partial charge in [-0.05, 0) is 24.6 Å². The first-order chi connectivity index (χ1) is 9.69. The topological polar surface area (TPSA) is 68.4 Å². The lowest BCUT2D eigenvalue weighted by molar-refractivity contribution is 0.164. The third-order valence-electron chi connectivity index (χ3n) is 3.41. The zero-order chi connectivity index (χ0) is 14.1. The van der Waals surface area contributed by atoms with Crippen LogP contribution in [0.1, 0.15) is 17.4 Å². The molecule has 2 unspecified atom stereocenters. The summed E-state index contributed by atoms with van der Waals surface area (Å²) in [4.78, 5) is 4.42. The largest absolute Gasteiger partial charge is 0.496 e. The zero-order valence-electron chi connectivity index (χ0n) is 11.4. The highest BCUT2D eigenvalue weighted by Gasteiger charge is 2.32. The number of aliphatic hydroxyl groups is 1. The van der Waals surface area contributed by atoms with E-state index in [1.54, 1.807) is 18.9 Å². The normalized spacial score (nSPS) is 22.1. The maximum absolute atomic E-state index is 9.89. The Balaban J connectivity index is 1.94. The average Bonchev–Trinajstić information content (AvgIpc) is 3.07. The number of benzene rings is 1. The average molecular weight is 292 g/mol. The lowest BCUT2D eigenvalue weighted by Crippen LogP contribution is -2.15. The molecule has 0 aliphatic carbocycles. The summed E-state index contributed by atoms with van der Waals surface area (Å²) in [5.74, 6) is 3.18. The standard InChI is InChI=1S/C14H16N2O3S/c1-8-3-4-9(12(5-8)18-2)13-15-14(19-16-13)10-6-20-7-11(10)17/h3-5,10-11,17H,6-7H2,1-2H3. The maximum atomic E-state index is 9.89. The van der Waals surface area contributed by atoms with Gasteiger partial charge >= 0.3 is 0 Å². The molecular weight excluding hydrogens is 276 g/mol. The van der Waals surface area contributed by atoms with Crippen LogP contribution in [0.15, 0.2) is 22.7 Å². The summed E-state index contributed by atoms with van der Waals surface area (Å²) in [6.07, 6.45) is -0.409. The van der Waals surface area contributed by atoms with Crippen LogP contribution in [0.3, 0.4) is 0 Å². The summed E-state index contributed by atoms with van der Waals surface area (Å²) < 4.78 is 10.7. The van der Waals surface area contributed by atoms with E-state index in [0.717, 1.165) is 28.4 Å². The molecule has 0 amide bonds. The molecule has 0 saturated carbocycles. The highest BCUT2D eigenvalue weighted by Crippen LogP contribution is 2.34. The first kappa shape index (κ1) is 13.5. The van der Waals surface area contributed by atoms with Crippen LogP contribution in [0, 0.1) is 6.92 Å². The van der Waals surface area contributed by atoms with E-state index in [4.69, 9.17) is 9.26 Å². The fraction of sp³-hybridized carbons (Fsp3) is 0.429. The Morgan fingerprint density at radius 3 is 2.95 bits per heavy atom. The van der Waals surface area contributed by atoms with E-state index in [1.807, 2.05) is 25.1 Å². The van der Waals surface area contributed by atoms with Crippen molar-refractivity contribution in [3.05, 3.63) is 29.7 Å². The van der Waals surface area contributed by atoms with E-state index in [-0.39, 0.29) is 5.92 Å². The van der Waals surface area contributed by atoms with E-state index >= 15 is 0 Å². The van der Waals surface area contributed by atoms with Gasteiger partial charge in [0, 0.05) is 11.5 Å². The number of aryl methyl sites for hydroxylation is 1. The van der Waals surface area contributed by atoms with E-state index in [1.165, 1.54) is 0 Å². The van der Waals surface area contributed by atoms with Crippen LogP contribution >= 0.6 is 11.8 Å². The monoisotopic (exact) mass is 292 g/mol. The Hall–Kier alpha value is -1.53. The third kappa shape index (κ3) is 2.41. The highest BCUT2D eigenvalue weighted by molar-refractivity contribution is 7.99. The van der Waals surface area contributed by atoms with Crippen molar-refractivity contribution in [2.24, 2.45) is 0 Å². The number of thioether (sulfide) groups is 1. The zero-order valence-corrected chi connectivity index (χ0v) is 12.2. The molecule has 0 radical (unpaired) electrons. The van der Waals surface area contributed by atoms with Crippen LogP contribution in [0.4, 0.5) is 0 Å². The van der Waals surface area contributed by atoms with Crippen molar-refractivity contribution >= 4 is 11.8 Å². The van der Waals surface area contributed by atoms with Crippen LogP contribution in [0.25, 0.3) is 11.4 Å². The van der Waals surface area contributed by atoms with E-state index < -0.39 is 6.10 Å². The van der Waals surface area contributed by atoms with Crippen molar-refractivity contribution in [3.63, 3.8) is 0 Å². The van der Waals surface area contributed by atoms with Gasteiger partial charge in [0.2, 0.25) is 11.7 Å². The summed E-state index contributed by atoms with van der Waals surface area (Å²) in [5.41, 5.74) is 1.91. The minimum atomic E-state index is -0.409. The molecule has 1 fully saturated rings. The molecule has 1 aliphatic rings. The molecular formula is C14H16N2O3S. The van der Waals surface area contributed by atoms with Gasteiger partial charge in [-0.15, -0.1) is 0 Å². The van der Waals surface area contributed by atoms with Crippen molar-refractivity contribution in [2.75, 3.05) is 18.6 Å². The van der Waals surface area contributed by atoms with E-state index in [0.29, 0.717) is 11.7 Å². The fourth-order valence-corrected chi connectivity index (χ4v) is 3.49. The first-order valence-electron chi connectivity index (χ1n) is 6.43. The summed E-state index contributed by atoms with van der Waals surface area (Å²) in [7, 11) is 1.62. The molecule has 1 aromatic carbocycles. The summed E-state index contributed by atoms with van der Waals surface area (Å²) in [6.45, 7) is 2.00. The minimum Gasteiger partial charge on any atom is -0.496 e. The molecule has 1 N–H and O–H groups in total. The predicted molar refractivity (Wildman–Crippen MR) is 77.1 cm³/mol. The number of aromatic nitrogens is 2.